The molecule has 0 radical (unpaired) electrons. The van der Waals surface area contributed by atoms with Crippen LogP contribution in [0.1, 0.15) is 30.5 Å². The molecule has 0 saturated carbocycles. The minimum atomic E-state index is -4.29. The van der Waals surface area contributed by atoms with Crippen LogP contribution in [0.3, 0.4) is 0 Å². The highest BCUT2D eigenvalue weighted by molar-refractivity contribution is 5.28. The summed E-state index contributed by atoms with van der Waals surface area (Å²) in [6.07, 6.45) is -3.41. The number of ether oxygens (including phenoxy) is 1. The Bertz CT molecular complexity index is 413. The Morgan fingerprint density at radius 1 is 1.42 bits per heavy atom. The van der Waals surface area contributed by atoms with Gasteiger partial charge in [0.05, 0.1) is 12.2 Å². The molecule has 2 unspecified atom stereocenters. The summed E-state index contributed by atoms with van der Waals surface area (Å²) < 4.78 is 43.6. The van der Waals surface area contributed by atoms with E-state index in [1.807, 2.05) is 6.92 Å². The summed E-state index contributed by atoms with van der Waals surface area (Å²) in [7, 11) is 0. The second kappa shape index (κ2) is 5.92. The molecule has 1 heterocycles. The topological polar surface area (TPSA) is 21.3 Å². The van der Waals surface area contributed by atoms with Gasteiger partial charge in [-0.15, -0.1) is 0 Å². The van der Waals surface area contributed by atoms with Gasteiger partial charge in [0, 0.05) is 18.6 Å². The van der Waals surface area contributed by atoms with Crippen molar-refractivity contribution >= 4 is 0 Å². The van der Waals surface area contributed by atoms with E-state index in [9.17, 15) is 13.2 Å². The number of alkyl halides is 3. The van der Waals surface area contributed by atoms with Crippen molar-refractivity contribution in [1.82, 2.24) is 5.32 Å². The largest absolute Gasteiger partial charge is 0.416 e. The highest BCUT2D eigenvalue weighted by Crippen LogP contribution is 2.34. The first-order valence-electron chi connectivity index (χ1n) is 6.50. The van der Waals surface area contributed by atoms with Gasteiger partial charge in [0.1, 0.15) is 0 Å². The Hall–Kier alpha value is -1.07. The lowest BCUT2D eigenvalue weighted by Crippen LogP contribution is -2.28. The highest BCUT2D eigenvalue weighted by Gasteiger charge is 2.32. The van der Waals surface area contributed by atoms with Crippen molar-refractivity contribution in [1.29, 1.82) is 0 Å². The van der Waals surface area contributed by atoms with E-state index >= 15 is 0 Å². The molecule has 0 amide bonds. The molecule has 2 rings (SSSR count). The number of benzene rings is 1. The molecule has 1 aliphatic heterocycles. The molecule has 19 heavy (non-hydrogen) atoms. The van der Waals surface area contributed by atoms with E-state index in [-0.39, 0.29) is 12.0 Å². The average molecular weight is 273 g/mol. The van der Waals surface area contributed by atoms with Crippen molar-refractivity contribution in [2.45, 2.75) is 25.6 Å². The van der Waals surface area contributed by atoms with Gasteiger partial charge in [0.2, 0.25) is 0 Å². The fourth-order valence-electron chi connectivity index (χ4n) is 2.50. The molecule has 1 aromatic carbocycles. The van der Waals surface area contributed by atoms with Crippen LogP contribution in [0.2, 0.25) is 0 Å². The van der Waals surface area contributed by atoms with E-state index in [0.717, 1.165) is 19.0 Å². The fourth-order valence-corrected chi connectivity index (χ4v) is 2.50. The van der Waals surface area contributed by atoms with Crippen LogP contribution in [0.5, 0.6) is 0 Å². The van der Waals surface area contributed by atoms with Crippen molar-refractivity contribution in [2.75, 3.05) is 19.8 Å². The van der Waals surface area contributed by atoms with Crippen LogP contribution in [-0.4, -0.2) is 19.8 Å². The highest BCUT2D eigenvalue weighted by atomic mass is 19.4. The second-order valence-corrected chi connectivity index (χ2v) is 4.78. The van der Waals surface area contributed by atoms with Crippen molar-refractivity contribution in [3.8, 4) is 0 Å². The second-order valence-electron chi connectivity index (χ2n) is 4.78. The van der Waals surface area contributed by atoms with Crippen LogP contribution in [-0.2, 0) is 10.9 Å². The molecule has 0 aromatic heterocycles. The molecular formula is C14H18F3NO. The third-order valence-corrected chi connectivity index (χ3v) is 3.43. The summed E-state index contributed by atoms with van der Waals surface area (Å²) in [5.41, 5.74) is 0.0963. The summed E-state index contributed by atoms with van der Waals surface area (Å²) >= 11 is 0. The summed E-state index contributed by atoms with van der Waals surface area (Å²) in [4.78, 5) is 0. The number of halogens is 3. The summed E-state index contributed by atoms with van der Waals surface area (Å²) in [6.45, 7) is 3.97. The quantitative estimate of drug-likeness (QED) is 0.908. The molecule has 106 valence electrons. The zero-order valence-corrected chi connectivity index (χ0v) is 10.8. The Kier molecular flexibility index (Phi) is 4.47. The zero-order valence-electron chi connectivity index (χ0n) is 10.8. The van der Waals surface area contributed by atoms with E-state index in [2.05, 4.69) is 5.32 Å². The monoisotopic (exact) mass is 273 g/mol. The maximum atomic E-state index is 12.7. The van der Waals surface area contributed by atoms with Gasteiger partial charge in [0.15, 0.2) is 0 Å². The van der Waals surface area contributed by atoms with Crippen molar-refractivity contribution in [2.24, 2.45) is 5.92 Å². The van der Waals surface area contributed by atoms with Gasteiger partial charge in [-0.05, 0) is 30.7 Å². The summed E-state index contributed by atoms with van der Waals surface area (Å²) in [6, 6.07) is 5.50. The molecule has 1 fully saturated rings. The van der Waals surface area contributed by atoms with Gasteiger partial charge in [0.25, 0.3) is 0 Å². The van der Waals surface area contributed by atoms with Gasteiger partial charge in [-0.3, -0.25) is 0 Å². The maximum Gasteiger partial charge on any atom is 0.416 e. The zero-order chi connectivity index (χ0) is 13.9. The SMILES string of the molecule is CCNC(c1cccc(C(F)(F)F)c1)C1CCOC1. The van der Waals surface area contributed by atoms with Crippen LogP contribution >= 0.6 is 0 Å². The number of rotatable bonds is 4. The van der Waals surface area contributed by atoms with E-state index < -0.39 is 11.7 Å². The predicted molar refractivity (Wildman–Crippen MR) is 66.8 cm³/mol. The number of hydrogen-bond acceptors (Lipinski definition) is 2. The minimum absolute atomic E-state index is 0.0743. The molecule has 0 aliphatic carbocycles. The molecule has 2 atom stereocenters. The number of hydrogen-bond donors (Lipinski definition) is 1. The van der Waals surface area contributed by atoms with Crippen LogP contribution in [0, 0.1) is 5.92 Å². The average Bonchev–Trinajstić information content (AvgIpc) is 2.88. The minimum Gasteiger partial charge on any atom is -0.381 e. The molecule has 1 saturated heterocycles. The van der Waals surface area contributed by atoms with Crippen LogP contribution in [0.4, 0.5) is 13.2 Å². The molecule has 1 aromatic rings. The normalized spacial score (nSPS) is 21.6. The predicted octanol–water partition coefficient (Wildman–Crippen LogP) is 3.39. The third-order valence-electron chi connectivity index (χ3n) is 3.43. The van der Waals surface area contributed by atoms with E-state index in [1.54, 1.807) is 6.07 Å². The van der Waals surface area contributed by atoms with Crippen molar-refractivity contribution < 1.29 is 17.9 Å². The first-order valence-corrected chi connectivity index (χ1v) is 6.50. The van der Waals surface area contributed by atoms with Crippen molar-refractivity contribution in [3.05, 3.63) is 35.4 Å². The summed E-state index contributed by atoms with van der Waals surface area (Å²) in [5.74, 6) is 0.239. The van der Waals surface area contributed by atoms with Gasteiger partial charge in [-0.1, -0.05) is 19.1 Å². The molecule has 2 nitrogen and oxygen atoms in total. The molecule has 5 heteroatoms. The van der Waals surface area contributed by atoms with Gasteiger partial charge in [-0.2, -0.15) is 13.2 Å². The molecule has 1 N–H and O–H groups in total. The van der Waals surface area contributed by atoms with E-state index in [4.69, 9.17) is 4.74 Å². The van der Waals surface area contributed by atoms with Crippen LogP contribution < -0.4 is 5.32 Å². The third kappa shape index (κ3) is 3.48. The Morgan fingerprint density at radius 3 is 2.79 bits per heavy atom. The molecule has 1 aliphatic rings. The lowest BCUT2D eigenvalue weighted by molar-refractivity contribution is -0.137. The maximum absolute atomic E-state index is 12.7. The Labute approximate surface area is 111 Å². The Balaban J connectivity index is 2.25. The van der Waals surface area contributed by atoms with Gasteiger partial charge < -0.3 is 10.1 Å². The van der Waals surface area contributed by atoms with E-state index in [1.165, 1.54) is 12.1 Å². The van der Waals surface area contributed by atoms with Crippen LogP contribution in [0.25, 0.3) is 0 Å². The lowest BCUT2D eigenvalue weighted by Gasteiger charge is -2.24. The van der Waals surface area contributed by atoms with E-state index in [0.29, 0.717) is 18.8 Å². The fraction of sp³-hybridized carbons (Fsp3) is 0.571. The Morgan fingerprint density at radius 2 is 2.21 bits per heavy atom. The van der Waals surface area contributed by atoms with Crippen LogP contribution in [0.15, 0.2) is 24.3 Å². The standard InChI is InChI=1S/C14H18F3NO/c1-2-18-13(11-6-7-19-9-11)10-4-3-5-12(8-10)14(15,16)17/h3-5,8,11,13,18H,2,6-7,9H2,1H3. The molecule has 0 bridgehead atoms. The smallest absolute Gasteiger partial charge is 0.381 e. The van der Waals surface area contributed by atoms with Gasteiger partial charge in [-0.25, -0.2) is 0 Å². The first kappa shape index (κ1) is 14.3. The van der Waals surface area contributed by atoms with Gasteiger partial charge >= 0.3 is 6.18 Å². The lowest BCUT2D eigenvalue weighted by atomic mass is 9.91. The first-order chi connectivity index (χ1) is 9.02. The summed E-state index contributed by atoms with van der Waals surface area (Å²) in [5, 5.41) is 3.27. The number of nitrogens with one attached hydrogen (secondary N) is 1. The molecule has 0 spiro atoms. The van der Waals surface area contributed by atoms with Crippen molar-refractivity contribution in [3.63, 3.8) is 0 Å². The molecular weight excluding hydrogens is 255 g/mol.